The van der Waals surface area contributed by atoms with Crippen molar-refractivity contribution < 1.29 is 41.1 Å². The summed E-state index contributed by atoms with van der Waals surface area (Å²) in [4.78, 5) is 12.8. The maximum atomic E-state index is 13.2. The molecule has 3 rings (SSSR count). The summed E-state index contributed by atoms with van der Waals surface area (Å²) in [7, 11) is -4.16. The van der Waals surface area contributed by atoms with Crippen molar-refractivity contribution in [2.75, 3.05) is 19.9 Å². The first-order valence-electron chi connectivity index (χ1n) is 8.75. The van der Waals surface area contributed by atoms with Crippen LogP contribution in [0.5, 0.6) is 5.75 Å². The molecule has 7 nitrogen and oxygen atoms in total. The molecule has 164 valence electrons. The molecule has 1 aliphatic heterocycles. The fourth-order valence-corrected chi connectivity index (χ4v) is 6.68. The lowest BCUT2D eigenvalue weighted by molar-refractivity contribution is -0.186. The zero-order chi connectivity index (χ0) is 22.0. The van der Waals surface area contributed by atoms with Crippen LogP contribution in [0.15, 0.2) is 40.6 Å². The Hall–Kier alpha value is -2.15. The van der Waals surface area contributed by atoms with E-state index in [1.165, 1.54) is 41.9 Å². The molecule has 0 unspecified atom stereocenters. The minimum absolute atomic E-state index is 0.0514. The van der Waals surface area contributed by atoms with Crippen molar-refractivity contribution in [2.24, 2.45) is 0 Å². The number of hydrogen-bond donors (Lipinski definition) is 2. The van der Waals surface area contributed by atoms with Gasteiger partial charge in [0.1, 0.15) is 9.96 Å². The zero-order valence-electron chi connectivity index (χ0n) is 15.4. The van der Waals surface area contributed by atoms with Gasteiger partial charge in [-0.3, -0.25) is 10.0 Å². The molecule has 1 fully saturated rings. The summed E-state index contributed by atoms with van der Waals surface area (Å²) in [5.41, 5.74) is 1.97. The van der Waals surface area contributed by atoms with Gasteiger partial charge in [0, 0.05) is 18.1 Å². The van der Waals surface area contributed by atoms with Crippen LogP contribution in [0.1, 0.15) is 12.8 Å². The number of alkyl halides is 3. The quantitative estimate of drug-likeness (QED) is 0.481. The van der Waals surface area contributed by atoms with E-state index in [2.05, 4.69) is 4.74 Å². The number of thiophene rings is 1. The highest BCUT2D eigenvalue weighted by Gasteiger charge is 2.52. The molecule has 12 heteroatoms. The van der Waals surface area contributed by atoms with Crippen LogP contribution in [-0.4, -0.2) is 50.3 Å². The molecular formula is C18H18F3NO6S2. The molecule has 0 aliphatic carbocycles. The van der Waals surface area contributed by atoms with Crippen LogP contribution in [0.25, 0.3) is 10.4 Å². The SMILES string of the molecule is O=C(NO)C1(S(=O)(=O)c2ccc(-c3ccc(OC(F)(F)CF)cc3)s2)CCOCC1. The van der Waals surface area contributed by atoms with E-state index in [1.54, 1.807) is 0 Å². The first-order valence-corrected chi connectivity index (χ1v) is 11.1. The standard InChI is InChI=1S/C18H18F3NO6S2/c19-11-18(20,21)28-13-3-1-12(2-4-13)14-5-6-15(29-14)30(25,26)17(16(23)22-24)7-9-27-10-8-17/h1-6,24H,7-11H2,(H,22,23). The van der Waals surface area contributed by atoms with E-state index in [0.29, 0.717) is 10.4 Å². The molecule has 1 aromatic carbocycles. The first kappa shape index (κ1) is 22.5. The number of sulfone groups is 1. The van der Waals surface area contributed by atoms with Gasteiger partial charge in [0.2, 0.25) is 9.84 Å². The normalized spacial score (nSPS) is 16.8. The lowest BCUT2D eigenvalue weighted by Crippen LogP contribution is -2.54. The Morgan fingerprint density at radius 2 is 1.83 bits per heavy atom. The summed E-state index contributed by atoms with van der Waals surface area (Å²) in [5, 5.41) is 9.08. The van der Waals surface area contributed by atoms with Gasteiger partial charge in [-0.05, 0) is 54.8 Å². The minimum atomic E-state index is -4.16. The van der Waals surface area contributed by atoms with Crippen molar-refractivity contribution >= 4 is 27.1 Å². The number of ether oxygens (including phenoxy) is 2. The lowest BCUT2D eigenvalue weighted by atomic mass is 9.98. The Morgan fingerprint density at radius 1 is 1.20 bits per heavy atom. The van der Waals surface area contributed by atoms with E-state index < -0.39 is 33.3 Å². The molecule has 1 saturated heterocycles. The maximum absolute atomic E-state index is 13.2. The fraction of sp³-hybridized carbons (Fsp3) is 0.389. The Labute approximate surface area is 174 Å². The molecule has 2 N–H and O–H groups in total. The van der Waals surface area contributed by atoms with Crippen molar-refractivity contribution in [3.63, 3.8) is 0 Å². The predicted molar refractivity (Wildman–Crippen MR) is 101 cm³/mol. The van der Waals surface area contributed by atoms with Gasteiger partial charge in [0.25, 0.3) is 5.91 Å². The van der Waals surface area contributed by atoms with E-state index in [4.69, 9.17) is 9.94 Å². The molecular weight excluding hydrogens is 447 g/mol. The van der Waals surface area contributed by atoms with Crippen LogP contribution in [0, 0.1) is 0 Å². The van der Waals surface area contributed by atoms with Gasteiger partial charge < -0.3 is 9.47 Å². The molecule has 0 spiro atoms. The number of rotatable bonds is 7. The molecule has 0 atom stereocenters. The third-order valence-electron chi connectivity index (χ3n) is 4.74. The van der Waals surface area contributed by atoms with Crippen molar-refractivity contribution in [2.45, 2.75) is 27.9 Å². The van der Waals surface area contributed by atoms with Crippen molar-refractivity contribution in [1.82, 2.24) is 5.48 Å². The Morgan fingerprint density at radius 3 is 2.40 bits per heavy atom. The topological polar surface area (TPSA) is 102 Å². The second kappa shape index (κ2) is 8.53. The summed E-state index contributed by atoms with van der Waals surface area (Å²) >= 11 is 0.897. The van der Waals surface area contributed by atoms with Gasteiger partial charge in [-0.2, -0.15) is 8.78 Å². The summed E-state index contributed by atoms with van der Waals surface area (Å²) in [5.74, 6) is -1.26. The maximum Gasteiger partial charge on any atom is 0.427 e. The van der Waals surface area contributed by atoms with E-state index in [0.717, 1.165) is 11.3 Å². The highest BCUT2D eigenvalue weighted by atomic mass is 32.2. The van der Waals surface area contributed by atoms with Crippen LogP contribution >= 0.6 is 11.3 Å². The van der Waals surface area contributed by atoms with Gasteiger partial charge in [0.15, 0.2) is 11.4 Å². The van der Waals surface area contributed by atoms with Crippen LogP contribution in [0.4, 0.5) is 13.2 Å². The van der Waals surface area contributed by atoms with Gasteiger partial charge in [0.05, 0.1) is 0 Å². The van der Waals surface area contributed by atoms with Crippen LogP contribution in [0.2, 0.25) is 0 Å². The molecule has 2 heterocycles. The summed E-state index contributed by atoms with van der Waals surface area (Å²) < 4.78 is 72.1. The highest BCUT2D eigenvalue weighted by molar-refractivity contribution is 7.95. The lowest BCUT2D eigenvalue weighted by Gasteiger charge is -2.33. The molecule has 0 radical (unpaired) electrons. The molecule has 2 aromatic rings. The highest BCUT2D eigenvalue weighted by Crippen LogP contribution is 2.40. The van der Waals surface area contributed by atoms with Crippen LogP contribution < -0.4 is 10.2 Å². The van der Waals surface area contributed by atoms with Crippen LogP contribution in [-0.2, 0) is 19.4 Å². The molecule has 0 bridgehead atoms. The summed E-state index contributed by atoms with van der Waals surface area (Å²) in [6.07, 6.45) is -4.15. The molecule has 1 aliphatic rings. The van der Waals surface area contributed by atoms with Gasteiger partial charge in [-0.25, -0.2) is 18.3 Å². The predicted octanol–water partition coefficient (Wildman–Crippen LogP) is 3.18. The number of carbonyl (C=O) groups is 1. The summed E-state index contributed by atoms with van der Waals surface area (Å²) in [6, 6.07) is 8.15. The van der Waals surface area contributed by atoms with Crippen LogP contribution in [0.3, 0.4) is 0 Å². The van der Waals surface area contributed by atoms with E-state index in [9.17, 15) is 26.4 Å². The third-order valence-corrected chi connectivity index (χ3v) is 8.86. The second-order valence-electron chi connectivity index (χ2n) is 6.57. The number of hydrogen-bond acceptors (Lipinski definition) is 7. The average molecular weight is 465 g/mol. The number of halogens is 3. The molecule has 1 amide bonds. The molecule has 30 heavy (non-hydrogen) atoms. The van der Waals surface area contributed by atoms with E-state index in [1.807, 2.05) is 0 Å². The number of amides is 1. The Balaban J connectivity index is 1.89. The number of hydroxylamine groups is 1. The Bertz CT molecular complexity index is 1000. The monoisotopic (exact) mass is 465 g/mol. The van der Waals surface area contributed by atoms with E-state index in [-0.39, 0.29) is 36.0 Å². The fourth-order valence-electron chi connectivity index (χ4n) is 3.12. The Kier molecular flexibility index (Phi) is 6.41. The first-order chi connectivity index (χ1) is 14.1. The third kappa shape index (κ3) is 4.17. The number of carbonyl (C=O) groups excluding carboxylic acids is 1. The minimum Gasteiger partial charge on any atom is -0.431 e. The van der Waals surface area contributed by atoms with Gasteiger partial charge in [-0.15, -0.1) is 11.3 Å². The van der Waals surface area contributed by atoms with Gasteiger partial charge in [-0.1, -0.05) is 0 Å². The van der Waals surface area contributed by atoms with Crippen molar-refractivity contribution in [3.8, 4) is 16.2 Å². The van der Waals surface area contributed by atoms with E-state index >= 15 is 0 Å². The smallest absolute Gasteiger partial charge is 0.427 e. The number of nitrogens with one attached hydrogen (secondary N) is 1. The summed E-state index contributed by atoms with van der Waals surface area (Å²) in [6.45, 7) is -1.86. The molecule has 1 aromatic heterocycles. The number of benzene rings is 1. The second-order valence-corrected chi connectivity index (χ2v) is 10.1. The van der Waals surface area contributed by atoms with Gasteiger partial charge >= 0.3 is 6.11 Å². The largest absolute Gasteiger partial charge is 0.431 e. The average Bonchev–Trinajstić information content (AvgIpc) is 3.25. The zero-order valence-corrected chi connectivity index (χ0v) is 17.1. The van der Waals surface area contributed by atoms with Crippen molar-refractivity contribution in [3.05, 3.63) is 36.4 Å². The molecule has 0 saturated carbocycles. The van der Waals surface area contributed by atoms with Crippen molar-refractivity contribution in [1.29, 1.82) is 0 Å².